The van der Waals surface area contributed by atoms with Crippen LogP contribution in [0.3, 0.4) is 0 Å². The maximum atomic E-state index is 12.7. The van der Waals surface area contributed by atoms with Crippen molar-refractivity contribution in [3.8, 4) is 5.75 Å². The SMILES string of the molecule is CCN(CC)Cc1cnc2c(C(=O)Nc3ccc(OC)cc3C)cnn2c1. The standard InChI is InChI=1S/C20H25N5O2/c1-5-24(6-2)12-15-10-21-19-17(11-22-25(19)13-15)20(26)23-18-8-7-16(27-4)9-14(18)3/h7-11,13H,5-6,12H2,1-4H3,(H,23,26). The van der Waals surface area contributed by atoms with Gasteiger partial charge in [0.15, 0.2) is 5.65 Å². The molecule has 0 bridgehead atoms. The molecule has 0 radical (unpaired) electrons. The highest BCUT2D eigenvalue weighted by Crippen LogP contribution is 2.22. The van der Waals surface area contributed by atoms with Gasteiger partial charge in [0, 0.05) is 30.2 Å². The van der Waals surface area contributed by atoms with Gasteiger partial charge < -0.3 is 10.1 Å². The normalized spacial score (nSPS) is 11.1. The molecule has 3 aromatic rings. The number of amides is 1. The van der Waals surface area contributed by atoms with Crippen molar-refractivity contribution in [3.05, 3.63) is 53.5 Å². The third kappa shape index (κ3) is 4.09. The fourth-order valence-corrected chi connectivity index (χ4v) is 2.95. The minimum atomic E-state index is -0.234. The Morgan fingerprint density at radius 1 is 1.26 bits per heavy atom. The van der Waals surface area contributed by atoms with Crippen molar-refractivity contribution in [3.63, 3.8) is 0 Å². The molecule has 1 aromatic carbocycles. The van der Waals surface area contributed by atoms with Gasteiger partial charge in [0.25, 0.3) is 5.91 Å². The fraction of sp³-hybridized carbons (Fsp3) is 0.350. The Kier molecular flexibility index (Phi) is 5.71. The first-order valence-electron chi connectivity index (χ1n) is 9.06. The Morgan fingerprint density at radius 2 is 2.04 bits per heavy atom. The summed E-state index contributed by atoms with van der Waals surface area (Å²) in [6.45, 7) is 8.94. The van der Waals surface area contributed by atoms with Gasteiger partial charge in [-0.15, -0.1) is 0 Å². The molecule has 0 saturated carbocycles. The summed E-state index contributed by atoms with van der Waals surface area (Å²) in [6.07, 6.45) is 5.29. The van der Waals surface area contributed by atoms with Crippen LogP contribution in [0.5, 0.6) is 5.75 Å². The average Bonchev–Trinajstić information content (AvgIpc) is 3.10. The summed E-state index contributed by atoms with van der Waals surface area (Å²) in [5.41, 5.74) is 3.71. The Labute approximate surface area is 159 Å². The summed E-state index contributed by atoms with van der Waals surface area (Å²) in [5, 5.41) is 7.23. The highest BCUT2D eigenvalue weighted by molar-refractivity contribution is 6.08. The van der Waals surface area contributed by atoms with Crippen molar-refractivity contribution < 1.29 is 9.53 Å². The monoisotopic (exact) mass is 367 g/mol. The van der Waals surface area contributed by atoms with Crippen LogP contribution >= 0.6 is 0 Å². The number of carbonyl (C=O) groups excluding carboxylic acids is 1. The lowest BCUT2D eigenvalue weighted by molar-refractivity contribution is 0.102. The van der Waals surface area contributed by atoms with Crippen molar-refractivity contribution in [2.75, 3.05) is 25.5 Å². The van der Waals surface area contributed by atoms with E-state index in [9.17, 15) is 4.79 Å². The number of fused-ring (bicyclic) bond motifs is 1. The van der Waals surface area contributed by atoms with Crippen LogP contribution in [0.4, 0.5) is 5.69 Å². The lowest BCUT2D eigenvalue weighted by Gasteiger charge is -2.17. The first-order chi connectivity index (χ1) is 13.0. The van der Waals surface area contributed by atoms with Gasteiger partial charge in [-0.3, -0.25) is 9.69 Å². The highest BCUT2D eigenvalue weighted by Gasteiger charge is 2.16. The Morgan fingerprint density at radius 3 is 2.70 bits per heavy atom. The number of nitrogens with one attached hydrogen (secondary N) is 1. The summed E-state index contributed by atoms with van der Waals surface area (Å²) in [4.78, 5) is 19.5. The molecule has 0 aliphatic heterocycles. The Balaban J connectivity index is 1.81. The molecule has 142 valence electrons. The van der Waals surface area contributed by atoms with E-state index in [1.165, 1.54) is 0 Å². The molecule has 0 saturated heterocycles. The van der Waals surface area contributed by atoms with Crippen molar-refractivity contribution in [1.82, 2.24) is 19.5 Å². The molecule has 0 aliphatic rings. The molecule has 1 amide bonds. The first-order valence-corrected chi connectivity index (χ1v) is 9.06. The minimum Gasteiger partial charge on any atom is -0.497 e. The number of aromatic nitrogens is 3. The van der Waals surface area contributed by atoms with Crippen LogP contribution in [0.15, 0.2) is 36.8 Å². The van der Waals surface area contributed by atoms with Crippen LogP contribution in [0, 0.1) is 6.92 Å². The molecule has 0 fully saturated rings. The molecule has 2 heterocycles. The third-order valence-electron chi connectivity index (χ3n) is 4.64. The number of rotatable bonds is 7. The maximum Gasteiger partial charge on any atom is 0.261 e. The van der Waals surface area contributed by atoms with Gasteiger partial charge in [0.1, 0.15) is 11.3 Å². The second-order valence-electron chi connectivity index (χ2n) is 6.38. The summed E-state index contributed by atoms with van der Waals surface area (Å²) < 4.78 is 6.86. The van der Waals surface area contributed by atoms with Crippen LogP contribution in [0.25, 0.3) is 5.65 Å². The van der Waals surface area contributed by atoms with Gasteiger partial charge in [-0.05, 0) is 43.8 Å². The van der Waals surface area contributed by atoms with E-state index in [0.717, 1.165) is 42.2 Å². The largest absolute Gasteiger partial charge is 0.497 e. The lowest BCUT2D eigenvalue weighted by Crippen LogP contribution is -2.22. The maximum absolute atomic E-state index is 12.7. The number of hydrogen-bond donors (Lipinski definition) is 1. The predicted octanol–water partition coefficient (Wildman–Crippen LogP) is 3.14. The van der Waals surface area contributed by atoms with E-state index in [1.807, 2.05) is 37.5 Å². The topological polar surface area (TPSA) is 71.8 Å². The van der Waals surface area contributed by atoms with Crippen LogP contribution in [0.1, 0.15) is 35.3 Å². The molecule has 7 heteroatoms. The van der Waals surface area contributed by atoms with Gasteiger partial charge >= 0.3 is 0 Å². The van der Waals surface area contributed by atoms with Crippen molar-refractivity contribution >= 4 is 17.2 Å². The Hall–Kier alpha value is -2.93. The molecular weight excluding hydrogens is 342 g/mol. The van der Waals surface area contributed by atoms with Crippen molar-refractivity contribution in [2.45, 2.75) is 27.3 Å². The smallest absolute Gasteiger partial charge is 0.261 e. The van der Waals surface area contributed by atoms with Crippen LogP contribution < -0.4 is 10.1 Å². The van der Waals surface area contributed by atoms with Gasteiger partial charge in [-0.25, -0.2) is 9.50 Å². The van der Waals surface area contributed by atoms with E-state index in [-0.39, 0.29) is 5.91 Å². The molecule has 2 aromatic heterocycles. The number of hydrogen-bond acceptors (Lipinski definition) is 5. The third-order valence-corrected chi connectivity index (χ3v) is 4.64. The minimum absolute atomic E-state index is 0.234. The number of ether oxygens (including phenoxy) is 1. The summed E-state index contributed by atoms with van der Waals surface area (Å²) >= 11 is 0. The summed E-state index contributed by atoms with van der Waals surface area (Å²) in [7, 11) is 1.62. The molecule has 7 nitrogen and oxygen atoms in total. The Bertz CT molecular complexity index is 947. The highest BCUT2D eigenvalue weighted by atomic mass is 16.5. The van der Waals surface area contributed by atoms with Gasteiger partial charge in [-0.2, -0.15) is 5.10 Å². The molecule has 0 aliphatic carbocycles. The molecule has 0 atom stereocenters. The number of benzene rings is 1. The predicted molar refractivity (Wildman–Crippen MR) is 105 cm³/mol. The van der Waals surface area contributed by atoms with E-state index >= 15 is 0 Å². The zero-order valence-electron chi connectivity index (χ0n) is 16.2. The number of aryl methyl sites for hydroxylation is 1. The zero-order valence-corrected chi connectivity index (χ0v) is 16.2. The molecule has 27 heavy (non-hydrogen) atoms. The van der Waals surface area contributed by atoms with E-state index in [1.54, 1.807) is 17.8 Å². The summed E-state index contributed by atoms with van der Waals surface area (Å²) in [5.74, 6) is 0.520. The molecule has 1 N–H and O–H groups in total. The van der Waals surface area contributed by atoms with E-state index in [4.69, 9.17) is 4.74 Å². The molecule has 0 spiro atoms. The first kappa shape index (κ1) is 18.8. The van der Waals surface area contributed by atoms with Crippen molar-refractivity contribution in [2.24, 2.45) is 0 Å². The molecule has 3 rings (SSSR count). The van der Waals surface area contributed by atoms with Gasteiger partial charge in [-0.1, -0.05) is 13.8 Å². The second kappa shape index (κ2) is 8.18. The second-order valence-corrected chi connectivity index (χ2v) is 6.38. The number of nitrogens with zero attached hydrogens (tertiary/aromatic N) is 4. The zero-order chi connectivity index (χ0) is 19.4. The van der Waals surface area contributed by atoms with Crippen LogP contribution in [-0.4, -0.2) is 45.6 Å². The van der Waals surface area contributed by atoms with Crippen molar-refractivity contribution in [1.29, 1.82) is 0 Å². The van der Waals surface area contributed by atoms with Crippen LogP contribution in [0.2, 0.25) is 0 Å². The average molecular weight is 367 g/mol. The molecular formula is C20H25N5O2. The molecule has 0 unspecified atom stereocenters. The van der Waals surface area contributed by atoms with Crippen LogP contribution in [-0.2, 0) is 6.54 Å². The van der Waals surface area contributed by atoms with E-state index < -0.39 is 0 Å². The number of carbonyl (C=O) groups is 1. The number of methoxy groups -OCH3 is 1. The quantitative estimate of drug-likeness (QED) is 0.695. The summed E-state index contributed by atoms with van der Waals surface area (Å²) in [6, 6.07) is 5.52. The lowest BCUT2D eigenvalue weighted by atomic mass is 10.2. The van der Waals surface area contributed by atoms with E-state index in [2.05, 4.69) is 34.1 Å². The fourth-order valence-electron chi connectivity index (χ4n) is 2.95. The number of anilines is 1. The van der Waals surface area contributed by atoms with Gasteiger partial charge in [0.05, 0.1) is 13.3 Å². The van der Waals surface area contributed by atoms with E-state index in [0.29, 0.717) is 11.2 Å². The van der Waals surface area contributed by atoms with Gasteiger partial charge in [0.2, 0.25) is 0 Å².